The lowest BCUT2D eigenvalue weighted by molar-refractivity contribution is -0.150. The highest BCUT2D eigenvalue weighted by Crippen LogP contribution is 2.26. The van der Waals surface area contributed by atoms with Gasteiger partial charge in [-0.2, -0.15) is 0 Å². The summed E-state index contributed by atoms with van der Waals surface area (Å²) >= 11 is 1.09. The van der Waals surface area contributed by atoms with Crippen LogP contribution in [0.1, 0.15) is 108 Å². The van der Waals surface area contributed by atoms with E-state index in [0.29, 0.717) is 23.6 Å². The summed E-state index contributed by atoms with van der Waals surface area (Å²) in [6, 6.07) is -13.7. The molecular weight excluding hydrogens is 1080 g/mol. The maximum absolute atomic E-state index is 15.0. The lowest BCUT2D eigenvalue weighted by Crippen LogP contribution is -2.63. The summed E-state index contributed by atoms with van der Waals surface area (Å²) in [6.45, 7) is 23.1. The van der Waals surface area contributed by atoms with E-state index in [9.17, 15) is 58.2 Å². The van der Waals surface area contributed by atoms with E-state index in [-0.39, 0.29) is 25.2 Å². The zero-order chi connectivity index (χ0) is 62.8. The number of thioether (sulfide) groups is 1. The molecule has 2 heterocycles. The van der Waals surface area contributed by atoms with Gasteiger partial charge in [0.05, 0.1) is 11.7 Å². The number of nitrogens with one attached hydrogen (secondary N) is 4. The van der Waals surface area contributed by atoms with Gasteiger partial charge in [0.15, 0.2) is 5.37 Å². The molecule has 2 fully saturated rings. The van der Waals surface area contributed by atoms with Gasteiger partial charge >= 0.3 is 24.1 Å². The first-order valence-electron chi connectivity index (χ1n) is 28.3. The Bertz CT molecular complexity index is 2280. The monoisotopic (exact) mass is 1180 g/mol. The van der Waals surface area contributed by atoms with Gasteiger partial charge in [-0.05, 0) is 90.0 Å². The van der Waals surface area contributed by atoms with Crippen molar-refractivity contribution in [1.82, 2.24) is 65.4 Å². The van der Waals surface area contributed by atoms with Crippen molar-refractivity contribution in [2.45, 2.75) is 162 Å². The molecule has 0 aromatic rings. The van der Waals surface area contributed by atoms with Crippen molar-refractivity contribution in [2.75, 3.05) is 94.4 Å². The van der Waals surface area contributed by atoms with Crippen LogP contribution in [0.2, 0.25) is 0 Å². The second kappa shape index (κ2) is 32.8. The second-order valence-electron chi connectivity index (χ2n) is 23.0. The molecule has 0 radical (unpaired) electrons. The van der Waals surface area contributed by atoms with Gasteiger partial charge in [0.25, 0.3) is 17.7 Å². The van der Waals surface area contributed by atoms with Gasteiger partial charge in [0.2, 0.25) is 23.6 Å². The van der Waals surface area contributed by atoms with Crippen LogP contribution in [0.3, 0.4) is 0 Å². The van der Waals surface area contributed by atoms with Gasteiger partial charge in [-0.1, -0.05) is 60.6 Å². The first-order valence-corrected chi connectivity index (χ1v) is 29.3. The summed E-state index contributed by atoms with van der Waals surface area (Å²) in [6.07, 6.45) is 2.36. The van der Waals surface area contributed by atoms with Crippen molar-refractivity contribution >= 4 is 77.2 Å². The standard InChI is InChI=1S/C55H97N13O13S/c1-19-22-24-35(8)42(69)41-44(71)57-37(20-2)46(73)64(16)50(82-30-23-25-68-28-26-67(21-3)27-29-68)49(76)61(13)39(32-55(10,11)81)43(70)58-52(78)66(18)53(79)59-51(77)56-36(9)45(72)60(12)38(31-33(4)5)47(74)65(17)54(80)63(15)40(34(6)7)48(75)62(41)14/h19,22,33-42,50,69,81H,20-21,23-32H2,1-18H3,(H,57,71)(H,58,70,78)(H2,56,59,77,79)/b22-19+/t35-,36+,37+,38-,39+,40+,41+,42-,50-/m1/s1. The smallest absolute Gasteiger partial charge is 0.333 e. The van der Waals surface area contributed by atoms with Crippen LogP contribution in [0, 0.1) is 17.8 Å². The molecule has 26 nitrogen and oxygen atoms in total. The highest BCUT2D eigenvalue weighted by Gasteiger charge is 2.45. The molecule has 0 saturated carbocycles. The first kappa shape index (κ1) is 72.2. The number of aliphatic hydroxyl groups is 2. The molecule has 2 aliphatic rings. The average molecular weight is 1180 g/mol. The molecule has 2 aliphatic heterocycles. The van der Waals surface area contributed by atoms with Crippen LogP contribution in [0.4, 0.5) is 19.2 Å². The molecule has 466 valence electrons. The quantitative estimate of drug-likeness (QED) is 0.0945. The van der Waals surface area contributed by atoms with Crippen LogP contribution >= 0.6 is 11.8 Å². The van der Waals surface area contributed by atoms with Gasteiger partial charge in [-0.15, -0.1) is 11.8 Å². The summed E-state index contributed by atoms with van der Waals surface area (Å²) < 4.78 is 0. The maximum Gasteiger partial charge on any atom is 0.333 e. The Labute approximate surface area is 489 Å². The predicted octanol–water partition coefficient (Wildman–Crippen LogP) is 1.60. The van der Waals surface area contributed by atoms with E-state index in [2.05, 4.69) is 32.7 Å². The number of likely N-dealkylation sites (N-methyl/N-ethyl adjacent to an activating group) is 7. The van der Waals surface area contributed by atoms with Gasteiger partial charge in [-0.25, -0.2) is 24.1 Å². The van der Waals surface area contributed by atoms with E-state index in [1.54, 1.807) is 60.6 Å². The molecule has 0 aromatic carbocycles. The molecule has 15 amide bonds. The number of aliphatic hydroxyl groups excluding tert-OH is 1. The molecule has 0 aliphatic carbocycles. The lowest BCUT2D eigenvalue weighted by atomic mass is 9.91. The number of urea groups is 4. The topological polar surface area (TPSA) is 306 Å². The van der Waals surface area contributed by atoms with Crippen LogP contribution in [-0.2, 0) is 33.6 Å². The van der Waals surface area contributed by atoms with Crippen molar-refractivity contribution in [3.63, 3.8) is 0 Å². The minimum absolute atomic E-state index is 0.0299. The summed E-state index contributed by atoms with van der Waals surface area (Å²) in [5.74, 6) is -7.35. The Hall–Kier alpha value is -5.90. The fourth-order valence-electron chi connectivity index (χ4n) is 9.77. The number of amides is 15. The number of rotatable bonds is 16. The Balaban J connectivity index is 2.91. The van der Waals surface area contributed by atoms with E-state index in [0.717, 1.165) is 80.9 Å². The highest BCUT2D eigenvalue weighted by atomic mass is 32.2. The fourth-order valence-corrected chi connectivity index (χ4v) is 10.9. The minimum atomic E-state index is -1.68. The van der Waals surface area contributed by atoms with Crippen molar-refractivity contribution in [2.24, 2.45) is 17.8 Å². The highest BCUT2D eigenvalue weighted by molar-refractivity contribution is 8.00. The first-order chi connectivity index (χ1) is 38.1. The lowest BCUT2D eigenvalue weighted by Gasteiger charge is -2.40. The zero-order valence-electron chi connectivity index (χ0n) is 51.8. The SMILES string of the molecule is C/C=C/C[C@@H](C)[C@@H](O)[C@H]1C(=O)N[C@@H](CC)C(=O)N(C)[C@H](SCCCN2CCN(CC)CC2)C(=O)N(C)[C@@H](CC(C)(C)O)C(=O)NC(=O)N(C)C(=O)NC(=O)N[C@@H](C)C(=O)N(C)[C@H](CC(C)C)C(=O)N(C)C(=O)N(C)[C@@H](C(C)C)C(=O)N1C. The predicted molar refractivity (Wildman–Crippen MR) is 311 cm³/mol. The van der Waals surface area contributed by atoms with Crippen molar-refractivity contribution in [1.29, 1.82) is 0 Å². The summed E-state index contributed by atoms with van der Waals surface area (Å²) in [5, 5.41) is 30.8. The van der Waals surface area contributed by atoms with Crippen LogP contribution < -0.4 is 21.3 Å². The fraction of sp³-hybridized carbons (Fsp3) is 0.764. The van der Waals surface area contributed by atoms with E-state index in [1.807, 2.05) is 5.32 Å². The van der Waals surface area contributed by atoms with Crippen LogP contribution in [-0.4, -0.2) is 267 Å². The van der Waals surface area contributed by atoms with E-state index in [1.165, 1.54) is 63.1 Å². The Morgan fingerprint density at radius 3 is 1.74 bits per heavy atom. The second-order valence-corrected chi connectivity index (χ2v) is 24.2. The molecule has 9 atom stereocenters. The molecule has 27 heteroatoms. The molecule has 6 N–H and O–H groups in total. The van der Waals surface area contributed by atoms with E-state index < -0.39 is 137 Å². The van der Waals surface area contributed by atoms with Gasteiger partial charge in [0.1, 0.15) is 36.3 Å². The van der Waals surface area contributed by atoms with Gasteiger partial charge in [0, 0.05) is 81.9 Å². The normalized spacial score (nSPS) is 25.7. The van der Waals surface area contributed by atoms with Crippen molar-refractivity contribution in [3.8, 4) is 0 Å². The Morgan fingerprint density at radius 1 is 0.659 bits per heavy atom. The number of carbonyl (C=O) groups is 11. The largest absolute Gasteiger partial charge is 0.390 e. The number of hydrogen-bond acceptors (Lipinski definition) is 16. The molecule has 0 spiro atoms. The third-order valence-corrected chi connectivity index (χ3v) is 16.4. The van der Waals surface area contributed by atoms with Crippen LogP contribution in [0.5, 0.6) is 0 Å². The van der Waals surface area contributed by atoms with Crippen molar-refractivity contribution in [3.05, 3.63) is 12.2 Å². The van der Waals surface area contributed by atoms with E-state index >= 15 is 4.79 Å². The number of imide groups is 4. The zero-order valence-corrected chi connectivity index (χ0v) is 52.6. The molecule has 0 bridgehead atoms. The van der Waals surface area contributed by atoms with Gasteiger partial charge in [-0.3, -0.25) is 49.1 Å². The maximum atomic E-state index is 15.0. The number of carbonyl (C=O) groups excluding carboxylic acids is 11. The molecule has 2 rings (SSSR count). The number of allylic oxidation sites excluding steroid dienone is 2. The van der Waals surface area contributed by atoms with Crippen molar-refractivity contribution < 1.29 is 63.0 Å². The Morgan fingerprint density at radius 2 is 1.22 bits per heavy atom. The third-order valence-electron chi connectivity index (χ3n) is 15.0. The number of nitrogens with zero attached hydrogens (tertiary/aromatic N) is 9. The minimum Gasteiger partial charge on any atom is -0.390 e. The molecule has 82 heavy (non-hydrogen) atoms. The summed E-state index contributed by atoms with van der Waals surface area (Å²) in [4.78, 5) is 168. The number of piperazine rings is 1. The third kappa shape index (κ3) is 20.2. The number of hydrogen-bond donors (Lipinski definition) is 6. The summed E-state index contributed by atoms with van der Waals surface area (Å²) in [7, 11) is 8.61. The molecule has 0 unspecified atom stereocenters. The molecule has 0 aromatic heterocycles. The van der Waals surface area contributed by atoms with Crippen LogP contribution in [0.15, 0.2) is 12.2 Å². The molecule has 2 saturated heterocycles. The van der Waals surface area contributed by atoms with Gasteiger partial charge < -0.3 is 55.1 Å². The van der Waals surface area contributed by atoms with Crippen LogP contribution in [0.25, 0.3) is 0 Å². The Kier molecular flexibility index (Phi) is 28.9. The van der Waals surface area contributed by atoms with E-state index in [4.69, 9.17) is 0 Å². The average Bonchev–Trinajstić information content (AvgIpc) is 3.46. The summed E-state index contributed by atoms with van der Waals surface area (Å²) in [5.41, 5.74) is -1.65. The molecular formula is C55H97N13O13S.